The Morgan fingerprint density at radius 3 is 2.48 bits per heavy atom. The SMILES string of the molecule is Cc1cc(S(=O)(=O)NCC(=O)OC(C)(C)C)ccc1/C(N)=N\O. The van der Waals surface area contributed by atoms with E-state index in [0.717, 1.165) is 0 Å². The summed E-state index contributed by atoms with van der Waals surface area (Å²) >= 11 is 0. The van der Waals surface area contributed by atoms with Crippen molar-refractivity contribution in [2.45, 2.75) is 38.2 Å². The highest BCUT2D eigenvalue weighted by Crippen LogP contribution is 2.15. The zero-order chi connectivity index (χ0) is 17.8. The smallest absolute Gasteiger partial charge is 0.321 e. The van der Waals surface area contributed by atoms with Gasteiger partial charge in [0.25, 0.3) is 0 Å². The number of nitrogens with two attached hydrogens (primary N) is 1. The van der Waals surface area contributed by atoms with Crippen LogP contribution in [0.15, 0.2) is 28.3 Å². The van der Waals surface area contributed by atoms with Crippen molar-refractivity contribution in [1.29, 1.82) is 0 Å². The fraction of sp³-hybridized carbons (Fsp3) is 0.429. The lowest BCUT2D eigenvalue weighted by atomic mass is 10.1. The first kappa shape index (κ1) is 18.9. The van der Waals surface area contributed by atoms with Gasteiger partial charge in [-0.05, 0) is 51.5 Å². The van der Waals surface area contributed by atoms with E-state index < -0.39 is 28.1 Å². The van der Waals surface area contributed by atoms with Gasteiger partial charge >= 0.3 is 5.97 Å². The van der Waals surface area contributed by atoms with Crippen LogP contribution in [0.4, 0.5) is 0 Å². The Kier molecular flexibility index (Phi) is 5.73. The molecule has 1 aromatic carbocycles. The average molecular weight is 343 g/mol. The summed E-state index contributed by atoms with van der Waals surface area (Å²) in [5.41, 5.74) is 5.72. The van der Waals surface area contributed by atoms with Gasteiger partial charge in [0.15, 0.2) is 5.84 Å². The molecule has 0 saturated heterocycles. The number of ether oxygens (including phenoxy) is 1. The number of sulfonamides is 1. The van der Waals surface area contributed by atoms with E-state index in [1.54, 1.807) is 27.7 Å². The van der Waals surface area contributed by atoms with Gasteiger partial charge in [-0.3, -0.25) is 4.79 Å². The molecule has 4 N–H and O–H groups in total. The first-order valence-corrected chi connectivity index (χ1v) is 8.24. The van der Waals surface area contributed by atoms with Gasteiger partial charge in [0, 0.05) is 5.56 Å². The van der Waals surface area contributed by atoms with E-state index in [0.29, 0.717) is 11.1 Å². The predicted octanol–water partition coefficient (Wildman–Crippen LogP) is 0.710. The maximum absolute atomic E-state index is 12.2. The Bertz CT molecular complexity index is 720. The third-order valence-corrected chi connectivity index (χ3v) is 4.12. The van der Waals surface area contributed by atoms with Gasteiger partial charge < -0.3 is 15.7 Å². The van der Waals surface area contributed by atoms with Crippen molar-refractivity contribution in [2.24, 2.45) is 10.9 Å². The Balaban J connectivity index is 2.89. The van der Waals surface area contributed by atoms with E-state index in [2.05, 4.69) is 9.88 Å². The molecule has 0 spiro atoms. The quantitative estimate of drug-likeness (QED) is 0.237. The van der Waals surface area contributed by atoms with Crippen LogP contribution >= 0.6 is 0 Å². The summed E-state index contributed by atoms with van der Waals surface area (Å²) in [6.07, 6.45) is 0. The largest absolute Gasteiger partial charge is 0.459 e. The van der Waals surface area contributed by atoms with Crippen LogP contribution in [0.3, 0.4) is 0 Å². The highest BCUT2D eigenvalue weighted by molar-refractivity contribution is 7.89. The van der Waals surface area contributed by atoms with Crippen molar-refractivity contribution in [3.8, 4) is 0 Å². The second-order valence-corrected chi connectivity index (χ2v) is 7.64. The maximum Gasteiger partial charge on any atom is 0.321 e. The minimum Gasteiger partial charge on any atom is -0.459 e. The molecule has 128 valence electrons. The molecule has 9 heteroatoms. The molecule has 1 rings (SSSR count). The predicted molar refractivity (Wildman–Crippen MR) is 84.7 cm³/mol. The van der Waals surface area contributed by atoms with Crippen molar-refractivity contribution in [3.05, 3.63) is 29.3 Å². The molecular weight excluding hydrogens is 322 g/mol. The van der Waals surface area contributed by atoms with Gasteiger partial charge in [0.2, 0.25) is 10.0 Å². The number of carbonyl (C=O) groups excluding carboxylic acids is 1. The second kappa shape index (κ2) is 6.97. The second-order valence-electron chi connectivity index (χ2n) is 5.87. The molecule has 0 aliphatic rings. The molecule has 0 heterocycles. The first-order chi connectivity index (χ1) is 10.5. The van der Waals surface area contributed by atoms with Crippen LogP contribution < -0.4 is 10.5 Å². The molecule has 23 heavy (non-hydrogen) atoms. The lowest BCUT2D eigenvalue weighted by molar-refractivity contribution is -0.153. The van der Waals surface area contributed by atoms with Crippen LogP contribution in [0.5, 0.6) is 0 Å². The number of esters is 1. The number of benzene rings is 1. The number of oxime groups is 1. The summed E-state index contributed by atoms with van der Waals surface area (Å²) in [5, 5.41) is 11.5. The van der Waals surface area contributed by atoms with Crippen LogP contribution in [-0.4, -0.2) is 37.6 Å². The Labute approximate surface area is 135 Å². The van der Waals surface area contributed by atoms with Crippen LogP contribution in [-0.2, 0) is 19.6 Å². The summed E-state index contributed by atoms with van der Waals surface area (Å²) in [6.45, 7) is 6.22. The molecule has 0 aliphatic carbocycles. The highest BCUT2D eigenvalue weighted by atomic mass is 32.2. The van der Waals surface area contributed by atoms with Gasteiger partial charge in [-0.25, -0.2) is 8.42 Å². The van der Waals surface area contributed by atoms with Gasteiger partial charge in [0.1, 0.15) is 12.1 Å². The van der Waals surface area contributed by atoms with Crippen molar-refractivity contribution in [1.82, 2.24) is 4.72 Å². The topological polar surface area (TPSA) is 131 Å². The summed E-state index contributed by atoms with van der Waals surface area (Å²) in [6, 6.07) is 4.09. The van der Waals surface area contributed by atoms with Crippen molar-refractivity contribution >= 4 is 21.8 Å². The third kappa shape index (κ3) is 5.53. The molecule has 8 nitrogen and oxygen atoms in total. The number of hydrogen-bond donors (Lipinski definition) is 3. The highest BCUT2D eigenvalue weighted by Gasteiger charge is 2.20. The number of rotatable bonds is 5. The van der Waals surface area contributed by atoms with E-state index in [4.69, 9.17) is 15.7 Å². The Morgan fingerprint density at radius 2 is 2.00 bits per heavy atom. The van der Waals surface area contributed by atoms with E-state index >= 15 is 0 Å². The van der Waals surface area contributed by atoms with Crippen LogP contribution in [0.1, 0.15) is 31.9 Å². The Morgan fingerprint density at radius 1 is 1.39 bits per heavy atom. The third-order valence-electron chi connectivity index (χ3n) is 2.72. The normalized spacial score (nSPS) is 13.0. The van der Waals surface area contributed by atoms with Gasteiger partial charge in [0.05, 0.1) is 4.90 Å². The minimum atomic E-state index is -3.88. The summed E-state index contributed by atoms with van der Waals surface area (Å²) in [7, 11) is -3.88. The van der Waals surface area contributed by atoms with Gasteiger partial charge in [-0.2, -0.15) is 4.72 Å². The summed E-state index contributed by atoms with van der Waals surface area (Å²) in [4.78, 5) is 11.5. The zero-order valence-electron chi connectivity index (χ0n) is 13.5. The van der Waals surface area contributed by atoms with Crippen molar-refractivity contribution in [2.75, 3.05) is 6.54 Å². The van der Waals surface area contributed by atoms with E-state index in [1.165, 1.54) is 18.2 Å². The maximum atomic E-state index is 12.2. The molecule has 0 atom stereocenters. The number of nitrogens with zero attached hydrogens (tertiary/aromatic N) is 1. The summed E-state index contributed by atoms with van der Waals surface area (Å²) < 4.78 is 31.6. The van der Waals surface area contributed by atoms with E-state index in [9.17, 15) is 13.2 Å². The first-order valence-electron chi connectivity index (χ1n) is 6.76. The molecule has 0 fully saturated rings. The monoisotopic (exact) mass is 343 g/mol. The van der Waals surface area contributed by atoms with Crippen LogP contribution in [0.2, 0.25) is 0 Å². The lowest BCUT2D eigenvalue weighted by Crippen LogP contribution is -2.34. The van der Waals surface area contributed by atoms with Gasteiger partial charge in [-0.1, -0.05) is 5.16 Å². The van der Waals surface area contributed by atoms with Crippen molar-refractivity contribution in [3.63, 3.8) is 0 Å². The average Bonchev–Trinajstić information content (AvgIpc) is 2.42. The number of carbonyl (C=O) groups is 1. The van der Waals surface area contributed by atoms with Crippen molar-refractivity contribution < 1.29 is 23.2 Å². The molecule has 0 radical (unpaired) electrons. The molecule has 0 bridgehead atoms. The molecule has 0 aromatic heterocycles. The zero-order valence-corrected chi connectivity index (χ0v) is 14.3. The van der Waals surface area contributed by atoms with Crippen LogP contribution in [0, 0.1) is 6.92 Å². The number of hydrogen-bond acceptors (Lipinski definition) is 6. The lowest BCUT2D eigenvalue weighted by Gasteiger charge is -2.19. The van der Waals surface area contributed by atoms with Gasteiger partial charge in [-0.15, -0.1) is 0 Å². The van der Waals surface area contributed by atoms with E-state index in [1.807, 2.05) is 0 Å². The molecule has 0 aliphatic heterocycles. The molecule has 1 aromatic rings. The standard InChI is InChI=1S/C14H21N3O5S/c1-9-7-10(5-6-11(9)13(15)17-19)23(20,21)16-8-12(18)22-14(2,3)4/h5-7,16,19H,8H2,1-4H3,(H2,15,17). The fourth-order valence-electron chi connectivity index (χ4n) is 1.76. The molecule has 0 unspecified atom stereocenters. The molecule has 0 amide bonds. The molecular formula is C14H21N3O5S. The fourth-order valence-corrected chi connectivity index (χ4v) is 2.81. The Hall–Kier alpha value is -2.13. The number of nitrogens with one attached hydrogen (secondary N) is 1. The van der Waals surface area contributed by atoms with Crippen LogP contribution in [0.25, 0.3) is 0 Å². The van der Waals surface area contributed by atoms with E-state index in [-0.39, 0.29) is 10.7 Å². The summed E-state index contributed by atoms with van der Waals surface area (Å²) in [5.74, 6) is -0.792. The number of amidine groups is 1. The number of aryl methyl sites for hydroxylation is 1. The minimum absolute atomic E-state index is 0.0342. The molecule has 0 saturated carbocycles.